The summed E-state index contributed by atoms with van der Waals surface area (Å²) in [7, 11) is 0. The van der Waals surface area contributed by atoms with E-state index in [4.69, 9.17) is 4.74 Å². The average Bonchev–Trinajstić information content (AvgIpc) is 2.86. The van der Waals surface area contributed by atoms with Crippen molar-refractivity contribution in [2.24, 2.45) is 5.92 Å². The predicted octanol–water partition coefficient (Wildman–Crippen LogP) is 2.11. The van der Waals surface area contributed by atoms with Crippen molar-refractivity contribution in [1.82, 2.24) is 0 Å². The molecule has 1 spiro atoms. The van der Waals surface area contributed by atoms with Crippen LogP contribution in [0.15, 0.2) is 0 Å². The van der Waals surface area contributed by atoms with E-state index in [0.717, 1.165) is 25.9 Å². The van der Waals surface area contributed by atoms with Gasteiger partial charge in [0.05, 0.1) is 17.8 Å². The zero-order valence-corrected chi connectivity index (χ0v) is 8.68. The third kappa shape index (κ3) is 1.50. The van der Waals surface area contributed by atoms with Gasteiger partial charge in [0.25, 0.3) is 0 Å². The first-order valence-corrected chi connectivity index (χ1v) is 5.47. The van der Waals surface area contributed by atoms with Gasteiger partial charge in [0.15, 0.2) is 0 Å². The van der Waals surface area contributed by atoms with E-state index in [1.54, 1.807) is 0 Å². The maximum absolute atomic E-state index is 10.2. The van der Waals surface area contributed by atoms with Crippen molar-refractivity contribution in [3.8, 4) is 0 Å². The van der Waals surface area contributed by atoms with Crippen LogP contribution in [0.3, 0.4) is 0 Å². The molecule has 2 nitrogen and oxygen atoms in total. The van der Waals surface area contributed by atoms with Crippen molar-refractivity contribution in [1.29, 1.82) is 0 Å². The molecule has 1 saturated carbocycles. The highest BCUT2D eigenvalue weighted by Crippen LogP contribution is 2.50. The zero-order chi connectivity index (χ0) is 9.53. The summed E-state index contributed by atoms with van der Waals surface area (Å²) in [4.78, 5) is 0. The number of hydrogen-bond donors (Lipinski definition) is 1. The van der Waals surface area contributed by atoms with Crippen LogP contribution in [0.2, 0.25) is 0 Å². The molecule has 2 aliphatic rings. The number of hydrogen-bond acceptors (Lipinski definition) is 2. The number of epoxide rings is 1. The van der Waals surface area contributed by atoms with E-state index >= 15 is 0 Å². The molecule has 1 saturated heterocycles. The Kier molecular flexibility index (Phi) is 2.16. The molecular weight excluding hydrogens is 164 g/mol. The van der Waals surface area contributed by atoms with Gasteiger partial charge in [0.2, 0.25) is 0 Å². The Morgan fingerprint density at radius 2 is 2.23 bits per heavy atom. The zero-order valence-electron chi connectivity index (χ0n) is 8.68. The second-order valence-electron chi connectivity index (χ2n) is 4.86. The van der Waals surface area contributed by atoms with Gasteiger partial charge in [-0.05, 0) is 26.2 Å². The first-order chi connectivity index (χ1) is 6.11. The van der Waals surface area contributed by atoms with E-state index < -0.39 is 5.60 Å². The van der Waals surface area contributed by atoms with E-state index in [0.29, 0.717) is 5.92 Å². The van der Waals surface area contributed by atoms with Crippen LogP contribution in [0.1, 0.15) is 46.0 Å². The van der Waals surface area contributed by atoms with Crippen LogP contribution in [0.4, 0.5) is 0 Å². The fourth-order valence-corrected chi connectivity index (χ4v) is 2.77. The quantitative estimate of drug-likeness (QED) is 0.667. The lowest BCUT2D eigenvalue weighted by molar-refractivity contribution is -0.0554. The van der Waals surface area contributed by atoms with Gasteiger partial charge in [0, 0.05) is 5.92 Å². The van der Waals surface area contributed by atoms with Gasteiger partial charge in [-0.1, -0.05) is 19.8 Å². The Bertz CT molecular complexity index is 192. The van der Waals surface area contributed by atoms with E-state index in [9.17, 15) is 5.11 Å². The summed E-state index contributed by atoms with van der Waals surface area (Å²) in [5.74, 6) is 0.374. The maximum Gasteiger partial charge on any atom is 0.0971 e. The molecule has 0 radical (unpaired) electrons. The van der Waals surface area contributed by atoms with Crippen LogP contribution < -0.4 is 0 Å². The fraction of sp³-hybridized carbons (Fsp3) is 1.00. The molecule has 3 atom stereocenters. The van der Waals surface area contributed by atoms with Gasteiger partial charge in [-0.3, -0.25) is 0 Å². The molecular formula is C11H20O2. The molecule has 1 aliphatic heterocycles. The SMILES string of the molecule is CC[C@@](C)(O)C1CCCC[C@]12CO2. The summed E-state index contributed by atoms with van der Waals surface area (Å²) in [6, 6.07) is 0. The van der Waals surface area contributed by atoms with Crippen LogP contribution in [0.5, 0.6) is 0 Å². The summed E-state index contributed by atoms with van der Waals surface area (Å²) >= 11 is 0. The van der Waals surface area contributed by atoms with E-state index in [1.165, 1.54) is 12.8 Å². The minimum Gasteiger partial charge on any atom is -0.390 e. The molecule has 0 aromatic carbocycles. The molecule has 1 N–H and O–H groups in total. The number of ether oxygens (including phenoxy) is 1. The Morgan fingerprint density at radius 1 is 1.54 bits per heavy atom. The first-order valence-electron chi connectivity index (χ1n) is 5.47. The second kappa shape index (κ2) is 2.96. The molecule has 13 heavy (non-hydrogen) atoms. The molecule has 0 amide bonds. The first kappa shape index (κ1) is 9.47. The standard InChI is InChI=1S/C11H20O2/c1-3-10(2,12)9-6-4-5-7-11(9)8-13-11/h9,12H,3-8H2,1-2H3/t9?,10-,11+/m1/s1. The minimum atomic E-state index is -0.517. The Morgan fingerprint density at radius 3 is 2.77 bits per heavy atom. The topological polar surface area (TPSA) is 32.8 Å². The summed E-state index contributed by atoms with van der Waals surface area (Å²) in [5, 5.41) is 10.2. The summed E-state index contributed by atoms with van der Waals surface area (Å²) in [5.41, 5.74) is -0.436. The van der Waals surface area contributed by atoms with Crippen LogP contribution in [-0.4, -0.2) is 22.9 Å². The normalized spacial score (nSPS) is 43.2. The average molecular weight is 184 g/mol. The molecule has 2 heteroatoms. The van der Waals surface area contributed by atoms with Crippen molar-refractivity contribution < 1.29 is 9.84 Å². The monoisotopic (exact) mass is 184 g/mol. The molecule has 1 unspecified atom stereocenters. The highest BCUT2D eigenvalue weighted by molar-refractivity contribution is 5.06. The highest BCUT2D eigenvalue weighted by Gasteiger charge is 2.57. The van der Waals surface area contributed by atoms with Crippen LogP contribution in [0.25, 0.3) is 0 Å². The summed E-state index contributed by atoms with van der Waals surface area (Å²) in [6.45, 7) is 4.91. The molecule has 0 bridgehead atoms. The lowest BCUT2D eigenvalue weighted by Gasteiger charge is -2.39. The van der Waals surface area contributed by atoms with Crippen LogP contribution >= 0.6 is 0 Å². The molecule has 76 valence electrons. The number of rotatable bonds is 2. The molecule has 0 aromatic rings. The van der Waals surface area contributed by atoms with E-state index in [2.05, 4.69) is 6.92 Å². The van der Waals surface area contributed by atoms with Gasteiger partial charge in [-0.25, -0.2) is 0 Å². The van der Waals surface area contributed by atoms with E-state index in [1.807, 2.05) is 6.92 Å². The summed E-state index contributed by atoms with van der Waals surface area (Å²) < 4.78 is 5.58. The van der Waals surface area contributed by atoms with Crippen molar-refractivity contribution in [2.75, 3.05) is 6.61 Å². The lowest BCUT2D eigenvalue weighted by atomic mass is 9.70. The van der Waals surface area contributed by atoms with Crippen molar-refractivity contribution >= 4 is 0 Å². The Labute approximate surface area is 80.3 Å². The second-order valence-corrected chi connectivity index (χ2v) is 4.86. The minimum absolute atomic E-state index is 0.0811. The van der Waals surface area contributed by atoms with Gasteiger partial charge < -0.3 is 9.84 Å². The predicted molar refractivity (Wildman–Crippen MR) is 51.6 cm³/mol. The molecule has 0 aromatic heterocycles. The summed E-state index contributed by atoms with van der Waals surface area (Å²) in [6.07, 6.45) is 5.67. The third-order valence-corrected chi connectivity index (χ3v) is 3.96. The van der Waals surface area contributed by atoms with Crippen molar-refractivity contribution in [2.45, 2.75) is 57.2 Å². The van der Waals surface area contributed by atoms with Crippen molar-refractivity contribution in [3.63, 3.8) is 0 Å². The van der Waals surface area contributed by atoms with Crippen LogP contribution in [0, 0.1) is 5.92 Å². The van der Waals surface area contributed by atoms with Gasteiger partial charge in [-0.15, -0.1) is 0 Å². The molecule has 2 fully saturated rings. The fourth-order valence-electron chi connectivity index (χ4n) is 2.77. The Hall–Kier alpha value is -0.0800. The Balaban J connectivity index is 2.12. The third-order valence-electron chi connectivity index (χ3n) is 3.96. The van der Waals surface area contributed by atoms with E-state index in [-0.39, 0.29) is 5.60 Å². The van der Waals surface area contributed by atoms with Gasteiger partial charge in [-0.2, -0.15) is 0 Å². The van der Waals surface area contributed by atoms with Gasteiger partial charge >= 0.3 is 0 Å². The smallest absolute Gasteiger partial charge is 0.0971 e. The number of aliphatic hydroxyl groups is 1. The lowest BCUT2D eigenvalue weighted by Crippen LogP contribution is -2.45. The molecule has 1 heterocycles. The van der Waals surface area contributed by atoms with Crippen molar-refractivity contribution in [3.05, 3.63) is 0 Å². The molecule has 2 rings (SSSR count). The maximum atomic E-state index is 10.2. The largest absolute Gasteiger partial charge is 0.390 e. The highest BCUT2D eigenvalue weighted by atomic mass is 16.6. The van der Waals surface area contributed by atoms with Gasteiger partial charge in [0.1, 0.15) is 0 Å². The molecule has 1 aliphatic carbocycles. The van der Waals surface area contributed by atoms with Crippen LogP contribution in [-0.2, 0) is 4.74 Å².